The summed E-state index contributed by atoms with van der Waals surface area (Å²) in [7, 11) is 3.94. The first-order valence-electron chi connectivity index (χ1n) is 5.29. The Labute approximate surface area is 88.5 Å². The lowest BCUT2D eigenvalue weighted by Crippen LogP contribution is -2.43. The number of likely N-dealkylation sites (N-methyl/N-ethyl adjacent to an activating group) is 1. The van der Waals surface area contributed by atoms with Crippen molar-refractivity contribution in [1.29, 1.82) is 0 Å². The third kappa shape index (κ3) is 6.35. The van der Waals surface area contributed by atoms with E-state index in [9.17, 15) is 5.11 Å². The van der Waals surface area contributed by atoms with E-state index in [1.165, 1.54) is 0 Å². The van der Waals surface area contributed by atoms with Crippen LogP contribution >= 0.6 is 0 Å². The molecule has 86 valence electrons. The van der Waals surface area contributed by atoms with E-state index in [0.717, 1.165) is 0 Å². The molecule has 2 atom stereocenters. The molecule has 0 rings (SSSR count). The van der Waals surface area contributed by atoms with E-state index in [4.69, 9.17) is 0 Å². The van der Waals surface area contributed by atoms with Gasteiger partial charge in [0.25, 0.3) is 0 Å². The molecule has 0 aliphatic rings. The maximum atomic E-state index is 9.63. The molecule has 0 aromatic carbocycles. The molecule has 0 saturated heterocycles. The molecule has 0 aliphatic heterocycles. The summed E-state index contributed by atoms with van der Waals surface area (Å²) < 4.78 is 0. The second kappa shape index (κ2) is 5.69. The summed E-state index contributed by atoms with van der Waals surface area (Å²) in [5, 5.41) is 13.0. The van der Waals surface area contributed by atoms with Crippen molar-refractivity contribution in [3.63, 3.8) is 0 Å². The number of aliphatic hydroxyl groups is 1. The predicted molar refractivity (Wildman–Crippen MR) is 61.5 cm³/mol. The first kappa shape index (κ1) is 13.9. The van der Waals surface area contributed by atoms with Crippen molar-refractivity contribution in [3.05, 3.63) is 0 Å². The number of aliphatic hydroxyl groups excluding tert-OH is 1. The van der Waals surface area contributed by atoms with E-state index in [1.807, 2.05) is 19.0 Å². The molecule has 0 fully saturated rings. The van der Waals surface area contributed by atoms with E-state index >= 15 is 0 Å². The molecule has 0 radical (unpaired) electrons. The molecule has 0 aromatic heterocycles. The molecule has 0 spiro atoms. The minimum Gasteiger partial charge on any atom is -0.390 e. The number of rotatable bonds is 5. The van der Waals surface area contributed by atoms with Crippen LogP contribution in [0.2, 0.25) is 0 Å². The topological polar surface area (TPSA) is 35.5 Å². The van der Waals surface area contributed by atoms with Gasteiger partial charge in [-0.25, -0.2) is 0 Å². The lowest BCUT2D eigenvalue weighted by Gasteiger charge is -2.29. The second-order valence-electron chi connectivity index (χ2n) is 5.41. The minimum absolute atomic E-state index is 0.248. The Kier molecular flexibility index (Phi) is 5.64. The van der Waals surface area contributed by atoms with Gasteiger partial charge in [-0.1, -0.05) is 20.8 Å². The highest BCUT2D eigenvalue weighted by atomic mass is 16.3. The van der Waals surface area contributed by atoms with Crippen molar-refractivity contribution in [3.8, 4) is 0 Å². The third-order valence-corrected chi connectivity index (χ3v) is 2.53. The van der Waals surface area contributed by atoms with Gasteiger partial charge < -0.3 is 15.3 Å². The van der Waals surface area contributed by atoms with Crippen molar-refractivity contribution in [2.75, 3.05) is 27.2 Å². The summed E-state index contributed by atoms with van der Waals surface area (Å²) in [6, 6.07) is 0.416. The Balaban J connectivity index is 3.72. The maximum Gasteiger partial charge on any atom is 0.0791 e. The Morgan fingerprint density at radius 1 is 1.29 bits per heavy atom. The van der Waals surface area contributed by atoms with Crippen LogP contribution in [0.5, 0.6) is 0 Å². The summed E-state index contributed by atoms with van der Waals surface area (Å²) in [6.07, 6.45) is -0.283. The summed E-state index contributed by atoms with van der Waals surface area (Å²) in [5.74, 6) is 0. The minimum atomic E-state index is -0.283. The number of hydrogen-bond acceptors (Lipinski definition) is 3. The Hall–Kier alpha value is -0.120. The fourth-order valence-electron chi connectivity index (χ4n) is 1.11. The Bertz CT molecular complexity index is 152. The number of nitrogens with one attached hydrogen (secondary N) is 1. The van der Waals surface area contributed by atoms with Gasteiger partial charge in [0.15, 0.2) is 0 Å². The van der Waals surface area contributed by atoms with Gasteiger partial charge in [0.2, 0.25) is 0 Å². The zero-order chi connectivity index (χ0) is 11.4. The zero-order valence-electron chi connectivity index (χ0n) is 10.5. The lowest BCUT2D eigenvalue weighted by atomic mass is 9.88. The van der Waals surface area contributed by atoms with Crippen LogP contribution in [0.3, 0.4) is 0 Å². The van der Waals surface area contributed by atoms with Crippen molar-refractivity contribution in [2.24, 2.45) is 5.41 Å². The molecule has 0 aliphatic carbocycles. The largest absolute Gasteiger partial charge is 0.390 e. The van der Waals surface area contributed by atoms with Crippen LogP contribution in [0.4, 0.5) is 0 Å². The van der Waals surface area contributed by atoms with Gasteiger partial charge in [-0.15, -0.1) is 0 Å². The average molecular weight is 202 g/mol. The van der Waals surface area contributed by atoms with Crippen molar-refractivity contribution in [2.45, 2.75) is 39.8 Å². The fraction of sp³-hybridized carbons (Fsp3) is 1.00. The molecular weight excluding hydrogens is 176 g/mol. The summed E-state index contributed by atoms with van der Waals surface area (Å²) in [6.45, 7) is 10.1. The monoisotopic (exact) mass is 202 g/mol. The highest BCUT2D eigenvalue weighted by Gasteiger charge is 2.20. The van der Waals surface area contributed by atoms with Gasteiger partial charge >= 0.3 is 0 Å². The van der Waals surface area contributed by atoms with E-state index in [1.54, 1.807) is 0 Å². The van der Waals surface area contributed by atoms with Gasteiger partial charge in [0, 0.05) is 19.1 Å². The van der Waals surface area contributed by atoms with Crippen LogP contribution < -0.4 is 5.32 Å². The lowest BCUT2D eigenvalue weighted by molar-refractivity contribution is 0.124. The summed E-state index contributed by atoms with van der Waals surface area (Å²) >= 11 is 0. The smallest absolute Gasteiger partial charge is 0.0791 e. The van der Waals surface area contributed by atoms with Crippen LogP contribution in [0.1, 0.15) is 27.7 Å². The predicted octanol–water partition coefficient (Wildman–Crippen LogP) is 0.933. The van der Waals surface area contributed by atoms with Gasteiger partial charge in [-0.2, -0.15) is 0 Å². The second-order valence-corrected chi connectivity index (χ2v) is 5.41. The van der Waals surface area contributed by atoms with Gasteiger partial charge in [0.1, 0.15) is 0 Å². The van der Waals surface area contributed by atoms with E-state index in [2.05, 4.69) is 33.0 Å². The normalized spacial score (nSPS) is 17.1. The highest BCUT2D eigenvalue weighted by Crippen LogP contribution is 2.18. The highest BCUT2D eigenvalue weighted by molar-refractivity contribution is 4.77. The standard InChI is InChI=1S/C11H26N2O/c1-9(11(2,3)4)12-7-10(14)8-13(5)6/h9-10,12,14H,7-8H2,1-6H3. The molecule has 2 unspecified atom stereocenters. The zero-order valence-corrected chi connectivity index (χ0v) is 10.5. The molecule has 3 nitrogen and oxygen atoms in total. The summed E-state index contributed by atoms with van der Waals surface area (Å²) in [4.78, 5) is 1.99. The Morgan fingerprint density at radius 3 is 2.14 bits per heavy atom. The van der Waals surface area contributed by atoms with Crippen LogP contribution in [0, 0.1) is 5.41 Å². The molecule has 2 N–H and O–H groups in total. The molecule has 0 bridgehead atoms. The molecule has 0 aromatic rings. The average Bonchev–Trinajstić information content (AvgIpc) is 1.96. The van der Waals surface area contributed by atoms with Crippen molar-refractivity contribution < 1.29 is 5.11 Å². The van der Waals surface area contributed by atoms with Crippen molar-refractivity contribution in [1.82, 2.24) is 10.2 Å². The molecule has 0 amide bonds. The molecule has 3 heteroatoms. The van der Waals surface area contributed by atoms with E-state index in [0.29, 0.717) is 19.1 Å². The molecule has 0 saturated carbocycles. The Morgan fingerprint density at radius 2 is 1.79 bits per heavy atom. The van der Waals surface area contributed by atoms with Crippen molar-refractivity contribution >= 4 is 0 Å². The SMILES string of the molecule is CC(NCC(O)CN(C)C)C(C)(C)C. The van der Waals surface area contributed by atoms with E-state index in [-0.39, 0.29) is 11.5 Å². The van der Waals surface area contributed by atoms with E-state index < -0.39 is 0 Å². The molecular formula is C11H26N2O. The first-order chi connectivity index (χ1) is 6.23. The maximum absolute atomic E-state index is 9.63. The molecule has 0 heterocycles. The van der Waals surface area contributed by atoms with Crippen LogP contribution in [0.15, 0.2) is 0 Å². The van der Waals surface area contributed by atoms with Gasteiger partial charge in [-0.3, -0.25) is 0 Å². The molecule has 14 heavy (non-hydrogen) atoms. The third-order valence-electron chi connectivity index (χ3n) is 2.53. The quantitative estimate of drug-likeness (QED) is 0.696. The first-order valence-corrected chi connectivity index (χ1v) is 5.29. The van der Waals surface area contributed by atoms with Crippen LogP contribution in [0.25, 0.3) is 0 Å². The summed E-state index contributed by atoms with van der Waals surface area (Å²) in [5.41, 5.74) is 0.248. The van der Waals surface area contributed by atoms with Crippen LogP contribution in [-0.4, -0.2) is 49.3 Å². The van der Waals surface area contributed by atoms with Gasteiger partial charge in [0.05, 0.1) is 6.10 Å². The number of hydrogen-bond donors (Lipinski definition) is 2. The fourth-order valence-corrected chi connectivity index (χ4v) is 1.11. The number of nitrogens with zero attached hydrogens (tertiary/aromatic N) is 1. The van der Waals surface area contributed by atoms with Crippen LogP contribution in [-0.2, 0) is 0 Å². The van der Waals surface area contributed by atoms with Gasteiger partial charge in [-0.05, 0) is 26.4 Å².